The molecule has 2 atom stereocenters. The van der Waals surface area contributed by atoms with Gasteiger partial charge in [0.1, 0.15) is 0 Å². The normalized spacial score (nSPS) is 24.3. The monoisotopic (exact) mass is 243 g/mol. The lowest BCUT2D eigenvalue weighted by atomic mass is 10.0. The summed E-state index contributed by atoms with van der Waals surface area (Å²) in [5.41, 5.74) is 2.54. The standard InChI is InChI=1S/C12H15Cl2N/c1-3-15-12-7(2)4-9-10(12)5-8(13)6-11(9)14/h5-7,12,15H,3-4H2,1-2H3. The van der Waals surface area contributed by atoms with Crippen LogP contribution >= 0.6 is 23.2 Å². The lowest BCUT2D eigenvalue weighted by molar-refractivity contribution is 0.426. The zero-order valence-electron chi connectivity index (χ0n) is 8.98. The zero-order chi connectivity index (χ0) is 11.0. The minimum absolute atomic E-state index is 0.404. The van der Waals surface area contributed by atoms with E-state index in [4.69, 9.17) is 23.2 Å². The molecule has 1 N–H and O–H groups in total. The smallest absolute Gasteiger partial charge is 0.0456 e. The molecule has 0 amide bonds. The van der Waals surface area contributed by atoms with Crippen molar-refractivity contribution in [1.82, 2.24) is 5.32 Å². The van der Waals surface area contributed by atoms with Gasteiger partial charge in [0, 0.05) is 16.1 Å². The molecule has 82 valence electrons. The van der Waals surface area contributed by atoms with Crippen molar-refractivity contribution < 1.29 is 0 Å². The lowest BCUT2D eigenvalue weighted by Crippen LogP contribution is -2.23. The third kappa shape index (κ3) is 2.01. The van der Waals surface area contributed by atoms with Crippen molar-refractivity contribution in [3.05, 3.63) is 33.3 Å². The fraction of sp³-hybridized carbons (Fsp3) is 0.500. The highest BCUT2D eigenvalue weighted by Gasteiger charge is 2.30. The van der Waals surface area contributed by atoms with Gasteiger partial charge in [0.15, 0.2) is 0 Å². The first-order valence-electron chi connectivity index (χ1n) is 5.34. The van der Waals surface area contributed by atoms with Crippen molar-refractivity contribution in [1.29, 1.82) is 0 Å². The van der Waals surface area contributed by atoms with Crippen LogP contribution in [0.3, 0.4) is 0 Å². The number of hydrogen-bond donors (Lipinski definition) is 1. The van der Waals surface area contributed by atoms with E-state index in [-0.39, 0.29) is 0 Å². The van der Waals surface area contributed by atoms with E-state index < -0.39 is 0 Å². The van der Waals surface area contributed by atoms with Gasteiger partial charge in [0.25, 0.3) is 0 Å². The summed E-state index contributed by atoms with van der Waals surface area (Å²) in [6, 6.07) is 4.28. The van der Waals surface area contributed by atoms with Crippen LogP contribution in [0, 0.1) is 5.92 Å². The molecule has 2 rings (SSSR count). The van der Waals surface area contributed by atoms with Gasteiger partial charge in [-0.05, 0) is 42.1 Å². The minimum Gasteiger partial charge on any atom is -0.310 e. The molecule has 0 saturated carbocycles. The van der Waals surface area contributed by atoms with Crippen LogP contribution in [0.2, 0.25) is 10.0 Å². The SMILES string of the molecule is CCNC1c2cc(Cl)cc(Cl)c2CC1C. The van der Waals surface area contributed by atoms with Crippen LogP contribution < -0.4 is 5.32 Å². The maximum Gasteiger partial charge on any atom is 0.0456 e. The molecule has 0 spiro atoms. The first-order valence-corrected chi connectivity index (χ1v) is 6.10. The molecule has 0 heterocycles. The Bertz CT molecular complexity index is 376. The van der Waals surface area contributed by atoms with E-state index in [1.807, 2.05) is 12.1 Å². The van der Waals surface area contributed by atoms with Crippen LogP contribution in [-0.2, 0) is 6.42 Å². The predicted octanol–water partition coefficient (Wildman–Crippen LogP) is 3.84. The van der Waals surface area contributed by atoms with Crippen molar-refractivity contribution in [2.24, 2.45) is 5.92 Å². The van der Waals surface area contributed by atoms with E-state index in [0.29, 0.717) is 12.0 Å². The highest BCUT2D eigenvalue weighted by atomic mass is 35.5. The van der Waals surface area contributed by atoms with E-state index in [1.54, 1.807) is 0 Å². The summed E-state index contributed by atoms with van der Waals surface area (Å²) in [7, 11) is 0. The number of rotatable bonds is 2. The van der Waals surface area contributed by atoms with E-state index in [9.17, 15) is 0 Å². The molecule has 0 aromatic heterocycles. The third-order valence-corrected chi connectivity index (χ3v) is 3.60. The third-order valence-electron chi connectivity index (χ3n) is 3.05. The Morgan fingerprint density at radius 2 is 2.13 bits per heavy atom. The molecule has 0 saturated heterocycles. The van der Waals surface area contributed by atoms with Crippen LogP contribution in [0.1, 0.15) is 31.0 Å². The van der Waals surface area contributed by atoms with Gasteiger partial charge in [0.2, 0.25) is 0 Å². The van der Waals surface area contributed by atoms with Gasteiger partial charge in [-0.3, -0.25) is 0 Å². The van der Waals surface area contributed by atoms with Gasteiger partial charge in [-0.15, -0.1) is 0 Å². The minimum atomic E-state index is 0.404. The van der Waals surface area contributed by atoms with Gasteiger partial charge in [-0.2, -0.15) is 0 Å². The van der Waals surface area contributed by atoms with Crippen LogP contribution in [0.25, 0.3) is 0 Å². The van der Waals surface area contributed by atoms with Gasteiger partial charge in [0.05, 0.1) is 0 Å². The Labute approximate surface area is 101 Å². The lowest BCUT2D eigenvalue weighted by Gasteiger charge is -2.17. The van der Waals surface area contributed by atoms with Crippen LogP contribution in [0.5, 0.6) is 0 Å². The van der Waals surface area contributed by atoms with Crippen molar-refractivity contribution in [3.63, 3.8) is 0 Å². The maximum absolute atomic E-state index is 6.19. The van der Waals surface area contributed by atoms with Crippen LogP contribution in [0.4, 0.5) is 0 Å². The Kier molecular flexibility index (Phi) is 3.24. The molecule has 0 aliphatic heterocycles. The number of fused-ring (bicyclic) bond motifs is 1. The summed E-state index contributed by atoms with van der Waals surface area (Å²) in [4.78, 5) is 0. The maximum atomic E-state index is 6.19. The number of nitrogens with one attached hydrogen (secondary N) is 1. The van der Waals surface area contributed by atoms with E-state index in [1.165, 1.54) is 11.1 Å². The molecule has 1 nitrogen and oxygen atoms in total. The fourth-order valence-electron chi connectivity index (χ4n) is 2.39. The second kappa shape index (κ2) is 4.32. The molecule has 0 fully saturated rings. The van der Waals surface area contributed by atoms with E-state index >= 15 is 0 Å². The van der Waals surface area contributed by atoms with Crippen molar-refractivity contribution in [2.45, 2.75) is 26.3 Å². The van der Waals surface area contributed by atoms with Gasteiger partial charge < -0.3 is 5.32 Å². The molecule has 2 unspecified atom stereocenters. The summed E-state index contributed by atoms with van der Waals surface area (Å²) < 4.78 is 0. The molecule has 1 aliphatic carbocycles. The molecular weight excluding hydrogens is 229 g/mol. The second-order valence-corrected chi connectivity index (χ2v) is 5.02. The Hall–Kier alpha value is -0.240. The van der Waals surface area contributed by atoms with E-state index in [0.717, 1.165) is 23.0 Å². The van der Waals surface area contributed by atoms with Crippen molar-refractivity contribution in [2.75, 3.05) is 6.54 Å². The number of hydrogen-bond acceptors (Lipinski definition) is 1. The summed E-state index contributed by atoms with van der Waals surface area (Å²) in [5.74, 6) is 0.593. The molecule has 0 bridgehead atoms. The van der Waals surface area contributed by atoms with Gasteiger partial charge in [-0.1, -0.05) is 37.0 Å². The van der Waals surface area contributed by atoms with Gasteiger partial charge in [-0.25, -0.2) is 0 Å². The molecule has 1 aromatic rings. The van der Waals surface area contributed by atoms with Crippen molar-refractivity contribution in [3.8, 4) is 0 Å². The molecule has 3 heteroatoms. The second-order valence-electron chi connectivity index (χ2n) is 4.17. The molecule has 15 heavy (non-hydrogen) atoms. The largest absolute Gasteiger partial charge is 0.310 e. The quantitative estimate of drug-likeness (QED) is 0.833. The molecule has 1 aliphatic rings. The zero-order valence-corrected chi connectivity index (χ0v) is 10.5. The predicted molar refractivity (Wildman–Crippen MR) is 65.7 cm³/mol. The summed E-state index contributed by atoms with van der Waals surface area (Å²) in [6.45, 7) is 5.34. The molecule has 0 radical (unpaired) electrons. The summed E-state index contributed by atoms with van der Waals surface area (Å²) in [6.07, 6.45) is 1.04. The Morgan fingerprint density at radius 1 is 1.40 bits per heavy atom. The number of benzene rings is 1. The summed E-state index contributed by atoms with van der Waals surface area (Å²) in [5, 5.41) is 5.03. The fourth-order valence-corrected chi connectivity index (χ4v) is 2.98. The van der Waals surface area contributed by atoms with E-state index in [2.05, 4.69) is 19.2 Å². The van der Waals surface area contributed by atoms with Crippen molar-refractivity contribution >= 4 is 23.2 Å². The first kappa shape index (κ1) is 11.3. The van der Waals surface area contributed by atoms with Crippen LogP contribution in [-0.4, -0.2) is 6.54 Å². The average Bonchev–Trinajstić information content (AvgIpc) is 2.46. The highest BCUT2D eigenvalue weighted by molar-refractivity contribution is 6.35. The Balaban J connectivity index is 2.43. The Morgan fingerprint density at radius 3 is 2.80 bits per heavy atom. The first-order chi connectivity index (χ1) is 7.13. The highest BCUT2D eigenvalue weighted by Crippen LogP contribution is 2.40. The molecule has 1 aromatic carbocycles. The summed E-state index contributed by atoms with van der Waals surface area (Å²) >= 11 is 12.2. The topological polar surface area (TPSA) is 12.0 Å². The molecular formula is C12H15Cl2N. The number of halogens is 2. The van der Waals surface area contributed by atoms with Gasteiger partial charge >= 0.3 is 0 Å². The average molecular weight is 244 g/mol. The van der Waals surface area contributed by atoms with Crippen LogP contribution in [0.15, 0.2) is 12.1 Å².